The Labute approximate surface area is 121 Å². The zero-order valence-corrected chi connectivity index (χ0v) is 11.7. The normalized spacial score (nSPS) is 11.5. The van der Waals surface area contributed by atoms with E-state index in [-0.39, 0.29) is 0 Å². The number of para-hydroxylation sites is 1. The summed E-state index contributed by atoms with van der Waals surface area (Å²) >= 11 is 0. The molecule has 0 atom stereocenters. The highest BCUT2D eigenvalue weighted by Crippen LogP contribution is 2.23. The van der Waals surface area contributed by atoms with Gasteiger partial charge >= 0.3 is 0 Å². The first-order valence-electron chi connectivity index (χ1n) is 6.90. The molecule has 0 spiro atoms. The Morgan fingerprint density at radius 1 is 1.19 bits per heavy atom. The van der Waals surface area contributed by atoms with Crippen LogP contribution in [0.5, 0.6) is 0 Å². The lowest BCUT2D eigenvalue weighted by Crippen LogP contribution is -1.97. The van der Waals surface area contributed by atoms with E-state index in [1.807, 2.05) is 24.3 Å². The van der Waals surface area contributed by atoms with Crippen molar-refractivity contribution in [3.8, 4) is 0 Å². The SMILES string of the molecule is Cc1cn(Cc2nc3cc(N)ccc3o2)c2ccccc12. The smallest absolute Gasteiger partial charge is 0.215 e. The zero-order chi connectivity index (χ0) is 14.4. The van der Waals surface area contributed by atoms with Crippen LogP contribution < -0.4 is 5.73 Å². The number of rotatable bonds is 2. The van der Waals surface area contributed by atoms with Gasteiger partial charge in [-0.1, -0.05) is 18.2 Å². The van der Waals surface area contributed by atoms with Crippen LogP contribution in [0.25, 0.3) is 22.0 Å². The van der Waals surface area contributed by atoms with Crippen LogP contribution in [0.1, 0.15) is 11.5 Å². The molecule has 0 unspecified atom stereocenters. The average Bonchev–Trinajstić information content (AvgIpc) is 3.01. The van der Waals surface area contributed by atoms with Gasteiger partial charge in [-0.25, -0.2) is 4.98 Å². The van der Waals surface area contributed by atoms with Gasteiger partial charge in [0.15, 0.2) is 5.58 Å². The maximum atomic E-state index is 5.80. The third-order valence-electron chi connectivity index (χ3n) is 3.75. The lowest BCUT2D eigenvalue weighted by Gasteiger charge is -2.01. The number of nitrogens with zero attached hydrogens (tertiary/aromatic N) is 2. The molecule has 0 saturated heterocycles. The number of anilines is 1. The van der Waals surface area contributed by atoms with E-state index in [1.54, 1.807) is 0 Å². The van der Waals surface area contributed by atoms with Gasteiger partial charge in [0.1, 0.15) is 5.52 Å². The molecule has 0 amide bonds. The fourth-order valence-corrected chi connectivity index (χ4v) is 2.77. The second-order valence-corrected chi connectivity index (χ2v) is 5.29. The van der Waals surface area contributed by atoms with Crippen LogP contribution in [0.15, 0.2) is 53.1 Å². The maximum Gasteiger partial charge on any atom is 0.215 e. The molecular weight excluding hydrogens is 262 g/mol. The topological polar surface area (TPSA) is 57.0 Å². The predicted octanol–water partition coefficient (Wildman–Crippen LogP) is 3.72. The molecule has 2 aromatic heterocycles. The number of oxazole rings is 1. The molecule has 0 aliphatic carbocycles. The summed E-state index contributed by atoms with van der Waals surface area (Å²) in [5, 5.41) is 1.26. The molecule has 0 bridgehead atoms. The number of fused-ring (bicyclic) bond motifs is 2. The van der Waals surface area contributed by atoms with Gasteiger partial charge < -0.3 is 14.7 Å². The first-order chi connectivity index (χ1) is 10.2. The fourth-order valence-electron chi connectivity index (χ4n) is 2.77. The molecule has 2 heterocycles. The van der Waals surface area contributed by atoms with Crippen molar-refractivity contribution < 1.29 is 4.42 Å². The molecule has 0 aliphatic heterocycles. The van der Waals surface area contributed by atoms with Gasteiger partial charge in [-0.3, -0.25) is 0 Å². The highest BCUT2D eigenvalue weighted by Gasteiger charge is 2.10. The van der Waals surface area contributed by atoms with Crippen molar-refractivity contribution in [1.29, 1.82) is 0 Å². The predicted molar refractivity (Wildman–Crippen MR) is 84.2 cm³/mol. The van der Waals surface area contributed by atoms with Crippen LogP contribution in [0.4, 0.5) is 5.69 Å². The summed E-state index contributed by atoms with van der Waals surface area (Å²) in [4.78, 5) is 4.52. The summed E-state index contributed by atoms with van der Waals surface area (Å²) in [5.41, 5.74) is 10.5. The number of nitrogen functional groups attached to an aromatic ring is 1. The van der Waals surface area contributed by atoms with E-state index >= 15 is 0 Å². The van der Waals surface area contributed by atoms with E-state index in [0.717, 1.165) is 11.1 Å². The van der Waals surface area contributed by atoms with Gasteiger partial charge in [-0.15, -0.1) is 0 Å². The van der Waals surface area contributed by atoms with Gasteiger partial charge in [-0.05, 0) is 36.8 Å². The highest BCUT2D eigenvalue weighted by molar-refractivity contribution is 5.83. The van der Waals surface area contributed by atoms with Crippen LogP contribution in [-0.4, -0.2) is 9.55 Å². The number of hydrogen-bond donors (Lipinski definition) is 1. The van der Waals surface area contributed by atoms with Crippen LogP contribution in [0, 0.1) is 6.92 Å². The molecular formula is C17H15N3O. The van der Waals surface area contributed by atoms with Crippen molar-refractivity contribution in [3.05, 3.63) is 60.1 Å². The van der Waals surface area contributed by atoms with E-state index < -0.39 is 0 Å². The Hall–Kier alpha value is -2.75. The van der Waals surface area contributed by atoms with Gasteiger partial charge in [-0.2, -0.15) is 0 Å². The lowest BCUT2D eigenvalue weighted by molar-refractivity contribution is 0.513. The summed E-state index contributed by atoms with van der Waals surface area (Å²) in [6.45, 7) is 2.73. The van der Waals surface area contributed by atoms with E-state index in [4.69, 9.17) is 10.2 Å². The number of nitrogens with two attached hydrogens (primary N) is 1. The van der Waals surface area contributed by atoms with E-state index in [1.165, 1.54) is 16.5 Å². The molecule has 2 aromatic carbocycles. The van der Waals surface area contributed by atoms with Crippen LogP contribution in [-0.2, 0) is 6.54 Å². The molecule has 0 fully saturated rings. The minimum absolute atomic E-state index is 0.614. The first kappa shape index (κ1) is 12.0. The number of aromatic nitrogens is 2. The Morgan fingerprint density at radius 2 is 2.05 bits per heavy atom. The third kappa shape index (κ3) is 1.96. The van der Waals surface area contributed by atoms with Crippen molar-refractivity contribution in [1.82, 2.24) is 9.55 Å². The second-order valence-electron chi connectivity index (χ2n) is 5.29. The summed E-state index contributed by atoms with van der Waals surface area (Å²) in [5.74, 6) is 0.691. The van der Waals surface area contributed by atoms with Crippen molar-refractivity contribution in [3.63, 3.8) is 0 Å². The van der Waals surface area contributed by atoms with Crippen LogP contribution in [0.2, 0.25) is 0 Å². The fraction of sp³-hybridized carbons (Fsp3) is 0.118. The number of benzene rings is 2. The number of aryl methyl sites for hydroxylation is 1. The van der Waals surface area contributed by atoms with Crippen LogP contribution in [0.3, 0.4) is 0 Å². The minimum atomic E-state index is 0.614. The Morgan fingerprint density at radius 3 is 2.95 bits per heavy atom. The van der Waals surface area contributed by atoms with Gasteiger partial charge in [0.2, 0.25) is 5.89 Å². The molecule has 4 heteroatoms. The van der Waals surface area contributed by atoms with Crippen molar-refractivity contribution in [2.75, 3.05) is 5.73 Å². The zero-order valence-electron chi connectivity index (χ0n) is 11.7. The molecule has 0 aliphatic rings. The van der Waals surface area contributed by atoms with Crippen molar-refractivity contribution >= 4 is 27.7 Å². The standard InChI is InChI=1S/C17H15N3O/c1-11-9-20(15-5-3-2-4-13(11)15)10-17-19-14-8-12(18)6-7-16(14)21-17/h2-9H,10,18H2,1H3. The minimum Gasteiger partial charge on any atom is -0.439 e. The maximum absolute atomic E-state index is 5.80. The summed E-state index contributed by atoms with van der Waals surface area (Å²) in [7, 11) is 0. The van der Waals surface area contributed by atoms with Crippen molar-refractivity contribution in [2.45, 2.75) is 13.5 Å². The molecule has 4 rings (SSSR count). The van der Waals surface area contributed by atoms with E-state index in [0.29, 0.717) is 18.1 Å². The monoisotopic (exact) mass is 277 g/mol. The van der Waals surface area contributed by atoms with E-state index in [9.17, 15) is 0 Å². The Balaban J connectivity index is 1.79. The second kappa shape index (κ2) is 4.38. The Bertz CT molecular complexity index is 949. The molecule has 0 saturated carbocycles. The van der Waals surface area contributed by atoms with Gasteiger partial charge in [0, 0.05) is 22.8 Å². The Kier molecular flexibility index (Phi) is 2.51. The summed E-state index contributed by atoms with van der Waals surface area (Å²) in [6.07, 6.45) is 2.13. The van der Waals surface area contributed by atoms with Gasteiger partial charge in [0.05, 0.1) is 6.54 Å². The third-order valence-corrected chi connectivity index (χ3v) is 3.75. The average molecular weight is 277 g/mol. The summed E-state index contributed by atoms with van der Waals surface area (Å²) in [6, 6.07) is 13.9. The molecule has 0 radical (unpaired) electrons. The quantitative estimate of drug-likeness (QED) is 0.568. The molecule has 4 aromatic rings. The molecule has 4 nitrogen and oxygen atoms in total. The largest absolute Gasteiger partial charge is 0.439 e. The van der Waals surface area contributed by atoms with Crippen molar-refractivity contribution in [2.24, 2.45) is 0 Å². The lowest BCUT2D eigenvalue weighted by atomic mass is 10.2. The summed E-state index contributed by atoms with van der Waals surface area (Å²) < 4.78 is 7.96. The van der Waals surface area contributed by atoms with Crippen LogP contribution >= 0.6 is 0 Å². The number of hydrogen-bond acceptors (Lipinski definition) is 3. The molecule has 21 heavy (non-hydrogen) atoms. The molecule has 104 valence electrons. The van der Waals surface area contributed by atoms with E-state index in [2.05, 4.69) is 40.9 Å². The van der Waals surface area contributed by atoms with Gasteiger partial charge in [0.25, 0.3) is 0 Å². The highest BCUT2D eigenvalue weighted by atomic mass is 16.3. The molecule has 2 N–H and O–H groups in total. The first-order valence-corrected chi connectivity index (χ1v) is 6.90.